The lowest BCUT2D eigenvalue weighted by Crippen LogP contribution is -2.24. The largest absolute Gasteiger partial charge is 0.394 e. The highest BCUT2D eigenvalue weighted by Gasteiger charge is 2.27. The molecule has 2 heteroatoms. The smallest absolute Gasteiger partial charge is 0.0811 e. The van der Waals surface area contributed by atoms with Crippen molar-refractivity contribution in [3.8, 4) is 0 Å². The molecule has 1 aromatic carbocycles. The van der Waals surface area contributed by atoms with Crippen molar-refractivity contribution in [2.24, 2.45) is 5.41 Å². The minimum absolute atomic E-state index is 0.145. The monoisotopic (exact) mass is 264 g/mol. The van der Waals surface area contributed by atoms with E-state index in [-0.39, 0.29) is 12.0 Å². The van der Waals surface area contributed by atoms with Crippen molar-refractivity contribution < 1.29 is 10.2 Å². The molecule has 0 aliphatic heterocycles. The summed E-state index contributed by atoms with van der Waals surface area (Å²) in [5.41, 5.74) is 2.84. The first-order valence-electron chi connectivity index (χ1n) is 7.02. The lowest BCUT2D eigenvalue weighted by Gasteiger charge is -2.33. The Bertz CT molecular complexity index is 385. The molecular formula is C17H28O2. The maximum Gasteiger partial charge on any atom is 0.0811 e. The lowest BCUT2D eigenvalue weighted by atomic mass is 9.72. The van der Waals surface area contributed by atoms with Crippen molar-refractivity contribution in [3.05, 3.63) is 35.4 Å². The van der Waals surface area contributed by atoms with Crippen LogP contribution >= 0.6 is 0 Å². The Kier molecular flexibility index (Phi) is 5.17. The van der Waals surface area contributed by atoms with Gasteiger partial charge in [0.05, 0.1) is 12.7 Å². The van der Waals surface area contributed by atoms with Crippen molar-refractivity contribution in [1.82, 2.24) is 0 Å². The number of aliphatic hydroxyl groups excluding tert-OH is 2. The zero-order chi connectivity index (χ0) is 14.7. The zero-order valence-electron chi connectivity index (χ0n) is 12.9. The summed E-state index contributed by atoms with van der Waals surface area (Å²) in [4.78, 5) is 0. The lowest BCUT2D eigenvalue weighted by molar-refractivity contribution is 0.0955. The number of benzene rings is 1. The van der Waals surface area contributed by atoms with Crippen LogP contribution in [0.15, 0.2) is 24.3 Å². The number of hydrogen-bond acceptors (Lipinski definition) is 2. The number of aliphatic hydroxyl groups is 2. The van der Waals surface area contributed by atoms with Crippen LogP contribution in [-0.4, -0.2) is 22.9 Å². The van der Waals surface area contributed by atoms with Gasteiger partial charge in [0.25, 0.3) is 0 Å². The molecule has 0 fully saturated rings. The van der Waals surface area contributed by atoms with Gasteiger partial charge < -0.3 is 10.2 Å². The molecular weight excluding hydrogens is 236 g/mol. The standard InChI is InChI=1S/C17H28O2/c1-16(2,3)12-17(4,5)14-8-6-13(7-9-14)10-15(19)11-18/h6-9,15,18-19H,10-12H2,1-5H3. The summed E-state index contributed by atoms with van der Waals surface area (Å²) < 4.78 is 0. The molecule has 0 spiro atoms. The summed E-state index contributed by atoms with van der Waals surface area (Å²) in [5, 5.41) is 18.3. The van der Waals surface area contributed by atoms with Crippen LogP contribution in [0.3, 0.4) is 0 Å². The van der Waals surface area contributed by atoms with Gasteiger partial charge in [-0.1, -0.05) is 58.9 Å². The SMILES string of the molecule is CC(C)(C)CC(C)(C)c1ccc(CC(O)CO)cc1. The number of hydrogen-bond donors (Lipinski definition) is 2. The van der Waals surface area contributed by atoms with E-state index in [4.69, 9.17) is 5.11 Å². The first-order valence-corrected chi connectivity index (χ1v) is 7.02. The van der Waals surface area contributed by atoms with Crippen molar-refractivity contribution >= 4 is 0 Å². The van der Waals surface area contributed by atoms with E-state index in [1.807, 2.05) is 0 Å². The molecule has 0 aromatic heterocycles. The van der Waals surface area contributed by atoms with Gasteiger partial charge in [0.2, 0.25) is 0 Å². The predicted octanol–water partition coefficient (Wildman–Crippen LogP) is 3.30. The molecule has 108 valence electrons. The molecule has 19 heavy (non-hydrogen) atoms. The highest BCUT2D eigenvalue weighted by Crippen LogP contribution is 2.36. The third-order valence-electron chi connectivity index (χ3n) is 3.39. The van der Waals surface area contributed by atoms with Crippen molar-refractivity contribution in [2.45, 2.75) is 59.0 Å². The van der Waals surface area contributed by atoms with Crippen LogP contribution in [-0.2, 0) is 11.8 Å². The molecule has 0 saturated heterocycles. The summed E-state index contributed by atoms with van der Waals surface area (Å²) >= 11 is 0. The fourth-order valence-corrected chi connectivity index (χ4v) is 2.86. The van der Waals surface area contributed by atoms with Gasteiger partial charge in [-0.05, 0) is 28.4 Å². The average molecular weight is 264 g/mol. The summed E-state index contributed by atoms with van der Waals surface area (Å²) in [5.74, 6) is 0. The molecule has 1 atom stereocenters. The van der Waals surface area contributed by atoms with E-state index in [9.17, 15) is 5.11 Å². The van der Waals surface area contributed by atoms with Crippen LogP contribution in [0.2, 0.25) is 0 Å². The van der Waals surface area contributed by atoms with Gasteiger partial charge in [0.15, 0.2) is 0 Å². The summed E-state index contributed by atoms with van der Waals surface area (Å²) in [6.45, 7) is 11.2. The fraction of sp³-hybridized carbons (Fsp3) is 0.647. The first kappa shape index (κ1) is 16.2. The topological polar surface area (TPSA) is 40.5 Å². The maximum atomic E-state index is 9.44. The van der Waals surface area contributed by atoms with Gasteiger partial charge in [-0.25, -0.2) is 0 Å². The molecule has 0 radical (unpaired) electrons. The molecule has 1 rings (SSSR count). The highest BCUT2D eigenvalue weighted by molar-refractivity contribution is 5.28. The van der Waals surface area contributed by atoms with Gasteiger partial charge in [0.1, 0.15) is 0 Å². The molecule has 2 nitrogen and oxygen atoms in total. The first-order chi connectivity index (χ1) is 8.64. The third kappa shape index (κ3) is 5.33. The second kappa shape index (κ2) is 6.06. The van der Waals surface area contributed by atoms with Crippen LogP contribution < -0.4 is 0 Å². The number of rotatable bonds is 5. The quantitative estimate of drug-likeness (QED) is 0.856. The molecule has 0 saturated carbocycles. The van der Waals surface area contributed by atoms with Crippen molar-refractivity contribution in [1.29, 1.82) is 0 Å². The Hall–Kier alpha value is -0.860. The molecule has 0 heterocycles. The summed E-state index contributed by atoms with van der Waals surface area (Å²) in [7, 11) is 0. The molecule has 0 aliphatic rings. The van der Waals surface area contributed by atoms with Crippen molar-refractivity contribution in [3.63, 3.8) is 0 Å². The van der Waals surface area contributed by atoms with E-state index in [0.29, 0.717) is 11.8 Å². The molecule has 2 N–H and O–H groups in total. The van der Waals surface area contributed by atoms with E-state index < -0.39 is 6.10 Å². The summed E-state index contributed by atoms with van der Waals surface area (Å²) in [6, 6.07) is 8.40. The van der Waals surface area contributed by atoms with Gasteiger partial charge in [0, 0.05) is 6.42 Å². The minimum Gasteiger partial charge on any atom is -0.394 e. The van der Waals surface area contributed by atoms with Crippen LogP contribution in [0, 0.1) is 5.41 Å². The molecule has 1 aromatic rings. The Morgan fingerprint density at radius 3 is 1.95 bits per heavy atom. The minimum atomic E-state index is -0.659. The van der Waals surface area contributed by atoms with E-state index in [1.165, 1.54) is 5.56 Å². The Balaban J connectivity index is 2.80. The van der Waals surface area contributed by atoms with E-state index in [1.54, 1.807) is 0 Å². The zero-order valence-corrected chi connectivity index (χ0v) is 12.9. The second-order valence-electron chi connectivity index (χ2n) is 7.36. The van der Waals surface area contributed by atoms with Crippen LogP contribution in [0.1, 0.15) is 52.2 Å². The van der Waals surface area contributed by atoms with E-state index in [2.05, 4.69) is 58.9 Å². The van der Waals surface area contributed by atoms with Crippen LogP contribution in [0.4, 0.5) is 0 Å². The fourth-order valence-electron chi connectivity index (χ4n) is 2.86. The Labute approximate surface area is 117 Å². The third-order valence-corrected chi connectivity index (χ3v) is 3.39. The van der Waals surface area contributed by atoms with E-state index in [0.717, 1.165) is 12.0 Å². The van der Waals surface area contributed by atoms with Crippen LogP contribution in [0.5, 0.6) is 0 Å². The molecule has 0 amide bonds. The van der Waals surface area contributed by atoms with E-state index >= 15 is 0 Å². The molecule has 1 unspecified atom stereocenters. The Morgan fingerprint density at radius 2 is 1.53 bits per heavy atom. The second-order valence-corrected chi connectivity index (χ2v) is 7.36. The van der Waals surface area contributed by atoms with Gasteiger partial charge in [-0.3, -0.25) is 0 Å². The molecule has 0 bridgehead atoms. The van der Waals surface area contributed by atoms with Gasteiger partial charge in [-0.2, -0.15) is 0 Å². The summed E-state index contributed by atoms with van der Waals surface area (Å²) in [6.07, 6.45) is 0.975. The molecule has 0 aliphatic carbocycles. The maximum absolute atomic E-state index is 9.44. The van der Waals surface area contributed by atoms with Gasteiger partial charge in [-0.15, -0.1) is 0 Å². The van der Waals surface area contributed by atoms with Crippen molar-refractivity contribution in [2.75, 3.05) is 6.61 Å². The highest BCUT2D eigenvalue weighted by atomic mass is 16.3. The average Bonchev–Trinajstić information content (AvgIpc) is 2.26. The normalized spacial score (nSPS) is 14.5. The van der Waals surface area contributed by atoms with Gasteiger partial charge >= 0.3 is 0 Å². The Morgan fingerprint density at radius 1 is 1.00 bits per heavy atom. The van der Waals surface area contributed by atoms with Crippen LogP contribution in [0.25, 0.3) is 0 Å². The predicted molar refractivity (Wildman–Crippen MR) is 80.3 cm³/mol.